The number of carbonyl (C=O) groups is 1. The zero-order chi connectivity index (χ0) is 14.5. The number of likely N-dealkylation sites (tertiary alicyclic amines) is 1. The number of aromatic nitrogens is 1. The first kappa shape index (κ1) is 14.9. The SMILES string of the molecule is CCN(CC)C1CCN(C(=O)c2ccnc(F)c2)CC1. The molecule has 110 valence electrons. The van der Waals surface area contributed by atoms with Crippen LogP contribution in [0.3, 0.4) is 0 Å². The van der Waals surface area contributed by atoms with Crippen molar-refractivity contribution in [3.8, 4) is 0 Å². The zero-order valence-electron chi connectivity index (χ0n) is 12.2. The summed E-state index contributed by atoms with van der Waals surface area (Å²) in [6.07, 6.45) is 3.31. The summed E-state index contributed by atoms with van der Waals surface area (Å²) in [5.41, 5.74) is 0.388. The topological polar surface area (TPSA) is 36.4 Å². The van der Waals surface area contributed by atoms with E-state index in [1.807, 2.05) is 4.90 Å². The van der Waals surface area contributed by atoms with E-state index in [1.54, 1.807) is 6.07 Å². The Kier molecular flexibility index (Phi) is 5.06. The van der Waals surface area contributed by atoms with Gasteiger partial charge >= 0.3 is 0 Å². The minimum absolute atomic E-state index is 0.0932. The second-order valence-electron chi connectivity index (χ2n) is 5.11. The lowest BCUT2D eigenvalue weighted by molar-refractivity contribution is 0.0630. The molecule has 1 aliphatic rings. The zero-order valence-corrected chi connectivity index (χ0v) is 12.2. The summed E-state index contributed by atoms with van der Waals surface area (Å²) >= 11 is 0. The molecule has 1 aromatic rings. The Morgan fingerprint density at radius 2 is 2.05 bits per heavy atom. The summed E-state index contributed by atoms with van der Waals surface area (Å²) in [6.45, 7) is 7.91. The quantitative estimate of drug-likeness (QED) is 0.793. The van der Waals surface area contributed by atoms with Crippen LogP contribution in [0.15, 0.2) is 18.3 Å². The molecule has 0 unspecified atom stereocenters. The maximum Gasteiger partial charge on any atom is 0.254 e. The van der Waals surface area contributed by atoms with Gasteiger partial charge in [-0.15, -0.1) is 0 Å². The minimum atomic E-state index is -0.603. The number of pyridine rings is 1. The van der Waals surface area contributed by atoms with Crippen molar-refractivity contribution in [2.75, 3.05) is 26.2 Å². The number of carbonyl (C=O) groups excluding carboxylic acids is 1. The Bertz CT molecular complexity index is 454. The van der Waals surface area contributed by atoms with E-state index in [-0.39, 0.29) is 5.91 Å². The first-order valence-electron chi connectivity index (χ1n) is 7.30. The molecule has 0 aromatic carbocycles. The second kappa shape index (κ2) is 6.79. The normalized spacial score (nSPS) is 16.7. The van der Waals surface area contributed by atoms with Gasteiger partial charge in [0.1, 0.15) is 0 Å². The first-order valence-corrected chi connectivity index (χ1v) is 7.30. The number of piperidine rings is 1. The number of hydrogen-bond donors (Lipinski definition) is 0. The Labute approximate surface area is 119 Å². The minimum Gasteiger partial charge on any atom is -0.339 e. The van der Waals surface area contributed by atoms with Gasteiger partial charge in [0.05, 0.1) is 0 Å². The lowest BCUT2D eigenvalue weighted by atomic mass is 10.0. The molecule has 0 spiro atoms. The number of rotatable bonds is 4. The van der Waals surface area contributed by atoms with E-state index in [4.69, 9.17) is 0 Å². The monoisotopic (exact) mass is 279 g/mol. The Morgan fingerprint density at radius 1 is 1.40 bits per heavy atom. The summed E-state index contributed by atoms with van der Waals surface area (Å²) < 4.78 is 13.1. The van der Waals surface area contributed by atoms with Gasteiger partial charge in [-0.1, -0.05) is 13.8 Å². The van der Waals surface area contributed by atoms with E-state index in [2.05, 4.69) is 23.7 Å². The van der Waals surface area contributed by atoms with Gasteiger partial charge in [-0.3, -0.25) is 4.79 Å². The van der Waals surface area contributed by atoms with Crippen LogP contribution in [-0.2, 0) is 0 Å². The molecule has 20 heavy (non-hydrogen) atoms. The molecular formula is C15H22FN3O. The fourth-order valence-electron chi connectivity index (χ4n) is 2.89. The molecule has 1 saturated heterocycles. The van der Waals surface area contributed by atoms with Crippen molar-refractivity contribution in [1.82, 2.24) is 14.8 Å². The summed E-state index contributed by atoms with van der Waals surface area (Å²) in [7, 11) is 0. The van der Waals surface area contributed by atoms with Crippen LogP contribution < -0.4 is 0 Å². The van der Waals surface area contributed by atoms with Gasteiger partial charge in [-0.2, -0.15) is 4.39 Å². The summed E-state index contributed by atoms with van der Waals surface area (Å²) in [5.74, 6) is -0.696. The van der Waals surface area contributed by atoms with E-state index in [9.17, 15) is 9.18 Å². The average molecular weight is 279 g/mol. The molecule has 2 rings (SSSR count). The summed E-state index contributed by atoms with van der Waals surface area (Å²) in [4.78, 5) is 20.0. The van der Waals surface area contributed by atoms with Gasteiger partial charge in [0.15, 0.2) is 0 Å². The first-order chi connectivity index (χ1) is 9.65. The van der Waals surface area contributed by atoms with Crippen LogP contribution in [-0.4, -0.2) is 52.9 Å². The van der Waals surface area contributed by atoms with Crippen molar-refractivity contribution in [2.45, 2.75) is 32.7 Å². The molecule has 0 aliphatic carbocycles. The Morgan fingerprint density at radius 3 is 2.60 bits per heavy atom. The third-order valence-electron chi connectivity index (χ3n) is 4.05. The number of amides is 1. The molecule has 4 nitrogen and oxygen atoms in total. The summed E-state index contributed by atoms with van der Waals surface area (Å²) in [6, 6.07) is 3.34. The molecule has 1 aromatic heterocycles. The van der Waals surface area contributed by atoms with Gasteiger partial charge < -0.3 is 9.80 Å². The third-order valence-corrected chi connectivity index (χ3v) is 4.05. The predicted octanol–water partition coefficient (Wildman–Crippen LogP) is 2.17. The van der Waals surface area contributed by atoms with Crippen LogP contribution >= 0.6 is 0 Å². The molecule has 5 heteroatoms. The molecule has 2 heterocycles. The molecule has 0 bridgehead atoms. The van der Waals surface area contributed by atoms with Crippen LogP contribution in [0.1, 0.15) is 37.0 Å². The highest BCUT2D eigenvalue weighted by atomic mass is 19.1. The Balaban J connectivity index is 1.95. The maximum absolute atomic E-state index is 13.1. The lowest BCUT2D eigenvalue weighted by Gasteiger charge is -2.37. The van der Waals surface area contributed by atoms with Crippen LogP contribution in [0.5, 0.6) is 0 Å². The van der Waals surface area contributed by atoms with Gasteiger partial charge in [0.2, 0.25) is 5.95 Å². The largest absolute Gasteiger partial charge is 0.339 e. The highest BCUT2D eigenvalue weighted by molar-refractivity contribution is 5.94. The van der Waals surface area contributed by atoms with Crippen LogP contribution in [0.25, 0.3) is 0 Å². The molecule has 1 aliphatic heterocycles. The predicted molar refractivity (Wildman–Crippen MR) is 76.0 cm³/mol. The van der Waals surface area contributed by atoms with Crippen LogP contribution in [0.4, 0.5) is 4.39 Å². The van der Waals surface area contributed by atoms with E-state index in [0.717, 1.165) is 39.0 Å². The van der Waals surface area contributed by atoms with Crippen LogP contribution in [0.2, 0.25) is 0 Å². The van der Waals surface area contributed by atoms with Crippen molar-refractivity contribution in [3.63, 3.8) is 0 Å². The third kappa shape index (κ3) is 3.33. The van der Waals surface area contributed by atoms with Crippen molar-refractivity contribution >= 4 is 5.91 Å². The van der Waals surface area contributed by atoms with Gasteiger partial charge in [0, 0.05) is 37.0 Å². The number of halogens is 1. The van der Waals surface area contributed by atoms with E-state index in [1.165, 1.54) is 12.3 Å². The smallest absolute Gasteiger partial charge is 0.254 e. The van der Waals surface area contributed by atoms with E-state index in [0.29, 0.717) is 11.6 Å². The van der Waals surface area contributed by atoms with E-state index < -0.39 is 5.95 Å². The highest BCUT2D eigenvalue weighted by Gasteiger charge is 2.26. The van der Waals surface area contributed by atoms with Gasteiger partial charge in [-0.25, -0.2) is 4.98 Å². The molecular weight excluding hydrogens is 257 g/mol. The van der Waals surface area contributed by atoms with E-state index >= 15 is 0 Å². The van der Waals surface area contributed by atoms with Crippen molar-refractivity contribution in [3.05, 3.63) is 29.8 Å². The summed E-state index contributed by atoms with van der Waals surface area (Å²) in [5, 5.41) is 0. The fourth-order valence-corrected chi connectivity index (χ4v) is 2.89. The fraction of sp³-hybridized carbons (Fsp3) is 0.600. The van der Waals surface area contributed by atoms with Gasteiger partial charge in [0.25, 0.3) is 5.91 Å². The lowest BCUT2D eigenvalue weighted by Crippen LogP contribution is -2.46. The standard InChI is InChI=1S/C15H22FN3O/c1-3-18(4-2)13-6-9-19(10-7-13)15(20)12-5-8-17-14(16)11-12/h5,8,11,13H,3-4,6-7,9-10H2,1-2H3. The highest BCUT2D eigenvalue weighted by Crippen LogP contribution is 2.18. The Hall–Kier alpha value is -1.49. The molecule has 0 N–H and O–H groups in total. The number of nitrogens with zero attached hydrogens (tertiary/aromatic N) is 3. The van der Waals surface area contributed by atoms with Crippen molar-refractivity contribution in [1.29, 1.82) is 0 Å². The molecule has 0 atom stereocenters. The molecule has 1 fully saturated rings. The molecule has 0 saturated carbocycles. The molecule has 0 radical (unpaired) electrons. The molecule has 1 amide bonds. The van der Waals surface area contributed by atoms with Crippen molar-refractivity contribution in [2.24, 2.45) is 0 Å². The second-order valence-corrected chi connectivity index (χ2v) is 5.11. The number of hydrogen-bond acceptors (Lipinski definition) is 3. The van der Waals surface area contributed by atoms with Crippen LogP contribution in [0, 0.1) is 5.95 Å². The van der Waals surface area contributed by atoms with Crippen molar-refractivity contribution < 1.29 is 9.18 Å². The van der Waals surface area contributed by atoms with Gasteiger partial charge in [-0.05, 0) is 32.0 Å². The average Bonchev–Trinajstić information content (AvgIpc) is 2.48. The maximum atomic E-state index is 13.1.